The first-order valence-corrected chi connectivity index (χ1v) is 9.51. The Morgan fingerprint density at radius 2 is 1.86 bits per heavy atom. The number of hydrogen-bond donors (Lipinski definition) is 2. The molecule has 0 spiro atoms. The van der Waals surface area contributed by atoms with E-state index >= 15 is 0 Å². The van der Waals surface area contributed by atoms with Crippen molar-refractivity contribution < 1.29 is 13.9 Å². The van der Waals surface area contributed by atoms with Gasteiger partial charge in [-0.15, -0.1) is 0 Å². The van der Waals surface area contributed by atoms with Crippen molar-refractivity contribution >= 4 is 17.3 Å². The summed E-state index contributed by atoms with van der Waals surface area (Å²) in [6, 6.07) is 15.6. The minimum absolute atomic E-state index is 0.0503. The first-order valence-electron chi connectivity index (χ1n) is 9.51. The first-order chi connectivity index (χ1) is 14.0. The lowest BCUT2D eigenvalue weighted by Gasteiger charge is -2.15. The van der Waals surface area contributed by atoms with Gasteiger partial charge in [0.1, 0.15) is 11.6 Å². The highest BCUT2D eigenvalue weighted by molar-refractivity contribution is 5.94. The average Bonchev–Trinajstić information content (AvgIpc) is 2.71. The standard InChI is InChI=1S/C23H24FN3O2/c1-16(2)29-22-6-4-3-5-21(22)27-20-13-18(14-25-15-20)23(28)26-12-11-17-7-9-19(24)10-8-17/h3-10,13-16,27H,11-12H2,1-2H3,(H,26,28). The molecule has 1 aromatic heterocycles. The van der Waals surface area contributed by atoms with E-state index in [2.05, 4.69) is 15.6 Å². The van der Waals surface area contributed by atoms with Crippen LogP contribution < -0.4 is 15.4 Å². The number of amides is 1. The lowest BCUT2D eigenvalue weighted by molar-refractivity contribution is 0.0954. The van der Waals surface area contributed by atoms with Gasteiger partial charge < -0.3 is 15.4 Å². The summed E-state index contributed by atoms with van der Waals surface area (Å²) in [6.45, 7) is 4.39. The Balaban J connectivity index is 1.62. The summed E-state index contributed by atoms with van der Waals surface area (Å²) in [5, 5.41) is 6.12. The summed E-state index contributed by atoms with van der Waals surface area (Å²) < 4.78 is 18.8. The van der Waals surface area contributed by atoms with E-state index in [1.54, 1.807) is 24.4 Å². The number of anilines is 2. The number of pyridine rings is 1. The molecule has 0 saturated carbocycles. The fourth-order valence-corrected chi connectivity index (χ4v) is 2.79. The van der Waals surface area contributed by atoms with Gasteiger partial charge in [-0.1, -0.05) is 24.3 Å². The zero-order valence-corrected chi connectivity index (χ0v) is 16.5. The molecule has 0 saturated heterocycles. The molecule has 1 amide bonds. The van der Waals surface area contributed by atoms with Crippen molar-refractivity contribution in [2.75, 3.05) is 11.9 Å². The van der Waals surface area contributed by atoms with E-state index in [1.165, 1.54) is 18.3 Å². The smallest absolute Gasteiger partial charge is 0.252 e. The lowest BCUT2D eigenvalue weighted by atomic mass is 10.1. The van der Waals surface area contributed by atoms with Crippen LogP contribution in [0.5, 0.6) is 5.75 Å². The van der Waals surface area contributed by atoms with Crippen LogP contribution in [-0.2, 0) is 6.42 Å². The molecule has 150 valence electrons. The van der Waals surface area contributed by atoms with Crippen LogP contribution in [-0.4, -0.2) is 23.5 Å². The summed E-state index contributed by atoms with van der Waals surface area (Å²) in [4.78, 5) is 16.6. The van der Waals surface area contributed by atoms with Gasteiger partial charge in [-0.3, -0.25) is 9.78 Å². The van der Waals surface area contributed by atoms with Crippen LogP contribution in [0.25, 0.3) is 0 Å². The maximum atomic E-state index is 12.9. The van der Waals surface area contributed by atoms with Gasteiger partial charge in [0, 0.05) is 12.7 Å². The number of para-hydroxylation sites is 2. The molecule has 6 heteroatoms. The molecule has 29 heavy (non-hydrogen) atoms. The second kappa shape index (κ2) is 9.68. The highest BCUT2D eigenvalue weighted by Crippen LogP contribution is 2.28. The van der Waals surface area contributed by atoms with Gasteiger partial charge >= 0.3 is 0 Å². The Morgan fingerprint density at radius 1 is 1.10 bits per heavy atom. The van der Waals surface area contributed by atoms with Crippen LogP contribution in [0, 0.1) is 5.82 Å². The van der Waals surface area contributed by atoms with Gasteiger partial charge in [0.15, 0.2) is 0 Å². The van der Waals surface area contributed by atoms with Gasteiger partial charge in [0.2, 0.25) is 0 Å². The molecule has 3 aromatic rings. The summed E-state index contributed by atoms with van der Waals surface area (Å²) in [7, 11) is 0. The molecule has 5 nitrogen and oxygen atoms in total. The van der Waals surface area contributed by atoms with Crippen molar-refractivity contribution in [1.29, 1.82) is 0 Å². The third-order valence-electron chi connectivity index (χ3n) is 4.14. The van der Waals surface area contributed by atoms with Gasteiger partial charge in [-0.05, 0) is 56.2 Å². The normalized spacial score (nSPS) is 10.6. The number of nitrogens with one attached hydrogen (secondary N) is 2. The lowest BCUT2D eigenvalue weighted by Crippen LogP contribution is -2.25. The van der Waals surface area contributed by atoms with Crippen molar-refractivity contribution in [2.24, 2.45) is 0 Å². The fourth-order valence-electron chi connectivity index (χ4n) is 2.79. The van der Waals surface area contributed by atoms with Crippen molar-refractivity contribution in [3.63, 3.8) is 0 Å². The molecule has 0 aliphatic carbocycles. The molecular formula is C23H24FN3O2. The SMILES string of the molecule is CC(C)Oc1ccccc1Nc1cncc(C(=O)NCCc2ccc(F)cc2)c1. The van der Waals surface area contributed by atoms with E-state index in [9.17, 15) is 9.18 Å². The van der Waals surface area contributed by atoms with E-state index in [0.717, 1.165) is 17.0 Å². The largest absolute Gasteiger partial charge is 0.489 e. The molecular weight excluding hydrogens is 369 g/mol. The number of aromatic nitrogens is 1. The maximum Gasteiger partial charge on any atom is 0.252 e. The molecule has 0 radical (unpaired) electrons. The molecule has 1 heterocycles. The molecule has 2 aromatic carbocycles. The number of rotatable bonds is 8. The van der Waals surface area contributed by atoms with Crippen LogP contribution >= 0.6 is 0 Å². The first kappa shape index (κ1) is 20.3. The molecule has 0 aliphatic rings. The Hall–Kier alpha value is -3.41. The number of carbonyl (C=O) groups is 1. The second-order valence-corrected chi connectivity index (χ2v) is 6.88. The summed E-state index contributed by atoms with van der Waals surface area (Å²) in [5.74, 6) is 0.250. The Kier molecular flexibility index (Phi) is 6.79. The Morgan fingerprint density at radius 3 is 2.62 bits per heavy atom. The van der Waals surface area contributed by atoms with Gasteiger partial charge in [-0.2, -0.15) is 0 Å². The molecule has 0 unspecified atom stereocenters. The van der Waals surface area contributed by atoms with E-state index in [1.807, 2.05) is 38.1 Å². The molecule has 0 atom stereocenters. The Labute approximate surface area is 169 Å². The minimum Gasteiger partial charge on any atom is -0.489 e. The molecule has 2 N–H and O–H groups in total. The van der Waals surface area contributed by atoms with E-state index in [0.29, 0.717) is 24.2 Å². The highest BCUT2D eigenvalue weighted by Gasteiger charge is 2.09. The summed E-state index contributed by atoms with van der Waals surface area (Å²) in [5.41, 5.74) is 2.91. The molecule has 0 aliphatic heterocycles. The van der Waals surface area contributed by atoms with Crippen molar-refractivity contribution in [3.05, 3.63) is 83.9 Å². The molecule has 0 bridgehead atoms. The monoisotopic (exact) mass is 393 g/mol. The van der Waals surface area contributed by atoms with E-state index < -0.39 is 0 Å². The fraction of sp³-hybridized carbons (Fsp3) is 0.217. The van der Waals surface area contributed by atoms with Gasteiger partial charge in [-0.25, -0.2) is 4.39 Å². The quantitative estimate of drug-likeness (QED) is 0.581. The Bertz CT molecular complexity index is 958. The minimum atomic E-state index is -0.270. The predicted molar refractivity (Wildman–Crippen MR) is 112 cm³/mol. The van der Waals surface area contributed by atoms with E-state index in [-0.39, 0.29) is 17.8 Å². The molecule has 0 fully saturated rings. The number of halogens is 1. The van der Waals surface area contributed by atoms with Crippen LogP contribution in [0.3, 0.4) is 0 Å². The number of benzene rings is 2. The van der Waals surface area contributed by atoms with Crippen LogP contribution in [0.2, 0.25) is 0 Å². The average molecular weight is 393 g/mol. The van der Waals surface area contributed by atoms with Crippen LogP contribution in [0.15, 0.2) is 67.0 Å². The number of hydrogen-bond acceptors (Lipinski definition) is 4. The second-order valence-electron chi connectivity index (χ2n) is 6.88. The highest BCUT2D eigenvalue weighted by atomic mass is 19.1. The number of nitrogens with zero attached hydrogens (tertiary/aromatic N) is 1. The van der Waals surface area contributed by atoms with Gasteiger partial charge in [0.25, 0.3) is 5.91 Å². The predicted octanol–water partition coefficient (Wildman–Crippen LogP) is 4.72. The van der Waals surface area contributed by atoms with Crippen LogP contribution in [0.4, 0.5) is 15.8 Å². The summed E-state index contributed by atoms with van der Waals surface area (Å²) in [6.07, 6.45) is 3.85. The summed E-state index contributed by atoms with van der Waals surface area (Å²) >= 11 is 0. The van der Waals surface area contributed by atoms with Crippen molar-refractivity contribution in [1.82, 2.24) is 10.3 Å². The van der Waals surface area contributed by atoms with Gasteiger partial charge in [0.05, 0.1) is 29.2 Å². The number of ether oxygens (including phenoxy) is 1. The van der Waals surface area contributed by atoms with Crippen molar-refractivity contribution in [3.8, 4) is 5.75 Å². The number of carbonyl (C=O) groups excluding carboxylic acids is 1. The van der Waals surface area contributed by atoms with Crippen LogP contribution in [0.1, 0.15) is 29.8 Å². The zero-order chi connectivity index (χ0) is 20.6. The third kappa shape index (κ3) is 6.04. The maximum absolute atomic E-state index is 12.9. The molecule has 3 rings (SSSR count). The zero-order valence-electron chi connectivity index (χ0n) is 16.5. The van der Waals surface area contributed by atoms with E-state index in [4.69, 9.17) is 4.74 Å². The third-order valence-corrected chi connectivity index (χ3v) is 4.14. The topological polar surface area (TPSA) is 63.2 Å². The van der Waals surface area contributed by atoms with Crippen molar-refractivity contribution in [2.45, 2.75) is 26.4 Å².